The van der Waals surface area contributed by atoms with Crippen LogP contribution < -0.4 is 10.7 Å². The van der Waals surface area contributed by atoms with Crippen molar-refractivity contribution < 1.29 is 24.3 Å². The van der Waals surface area contributed by atoms with Gasteiger partial charge >= 0.3 is 5.97 Å². The van der Waals surface area contributed by atoms with Crippen LogP contribution in [0.5, 0.6) is 0 Å². The van der Waals surface area contributed by atoms with E-state index in [0.29, 0.717) is 6.42 Å². The van der Waals surface area contributed by atoms with Gasteiger partial charge in [-0.05, 0) is 44.9 Å². The third kappa shape index (κ3) is 15.7. The van der Waals surface area contributed by atoms with Gasteiger partial charge < -0.3 is 10.4 Å². The van der Waals surface area contributed by atoms with Gasteiger partial charge in [-0.1, -0.05) is 79.8 Å². The zero-order chi connectivity index (χ0) is 28.7. The lowest BCUT2D eigenvalue weighted by atomic mass is 10.2. The first-order valence-electron chi connectivity index (χ1n) is 13.5. The van der Waals surface area contributed by atoms with E-state index in [-0.39, 0.29) is 30.4 Å². The third-order valence-corrected chi connectivity index (χ3v) is 6.86. The van der Waals surface area contributed by atoms with Crippen molar-refractivity contribution >= 4 is 35.5 Å². The topological polar surface area (TPSA) is 116 Å². The Morgan fingerprint density at radius 3 is 1.82 bits per heavy atom. The number of hydrogen-bond donors (Lipinski definition) is 3. The summed E-state index contributed by atoms with van der Waals surface area (Å²) in [6.07, 6.45) is 31.7. The van der Waals surface area contributed by atoms with E-state index in [0.717, 1.165) is 55.3 Å². The minimum Gasteiger partial charge on any atom is -0.480 e. The van der Waals surface area contributed by atoms with Crippen LogP contribution in [0.1, 0.15) is 64.7 Å². The normalized spacial score (nSPS) is 17.4. The molecule has 214 valence electrons. The zero-order valence-electron chi connectivity index (χ0n) is 23.1. The molecule has 1 heterocycles. The van der Waals surface area contributed by atoms with Gasteiger partial charge in [0.2, 0.25) is 11.8 Å². The Balaban J connectivity index is 2.16. The number of amides is 3. The highest BCUT2D eigenvalue weighted by atomic mass is 32.2. The summed E-state index contributed by atoms with van der Waals surface area (Å²) in [5.74, 6) is -2.30. The summed E-state index contributed by atoms with van der Waals surface area (Å²) in [6, 6.07) is -1.13. The van der Waals surface area contributed by atoms with Gasteiger partial charge in [0.15, 0.2) is 0 Å². The number of aliphatic carboxylic acids is 1. The monoisotopic (exact) mass is 557 g/mol. The van der Waals surface area contributed by atoms with Crippen molar-refractivity contribution in [1.29, 1.82) is 0 Å². The van der Waals surface area contributed by atoms with Crippen molar-refractivity contribution in [2.24, 2.45) is 0 Å². The second kappa shape index (κ2) is 21.7. The van der Waals surface area contributed by atoms with Crippen LogP contribution in [0.2, 0.25) is 0 Å². The standard InChI is InChI=1S/C30H43N3O5S/c1-3-4-5-6-7-8-9-10-11-12-13-14-15-16-17-18-19-20-21-22-27(34)32-25(30(37)38)24-39-26-23-28(35)33(31-2)29(26)36/h4-5,7-8,10-11,13-14,16-17,19-20,25-26,31H,3,6,9,12,15,18,21-24H2,1-2H3,(H,32,34)(H,37,38)/b5-4-,8-7-,11-10-,14-13-,17-16-,20-19-/t25-,26?/m1/s1. The smallest absolute Gasteiger partial charge is 0.327 e. The number of hydrogen-bond acceptors (Lipinski definition) is 6. The number of hydrazine groups is 1. The fraction of sp³-hybridized carbons (Fsp3) is 0.467. The Morgan fingerprint density at radius 2 is 1.38 bits per heavy atom. The maximum Gasteiger partial charge on any atom is 0.327 e. The van der Waals surface area contributed by atoms with Crippen molar-refractivity contribution in [3.63, 3.8) is 0 Å². The molecule has 0 aromatic carbocycles. The highest BCUT2D eigenvalue weighted by molar-refractivity contribution is 8.00. The van der Waals surface area contributed by atoms with Crippen LogP contribution in [0.25, 0.3) is 0 Å². The number of nitrogens with one attached hydrogen (secondary N) is 2. The number of carbonyl (C=O) groups excluding carboxylic acids is 3. The van der Waals surface area contributed by atoms with Gasteiger partial charge in [0, 0.05) is 25.6 Å². The van der Waals surface area contributed by atoms with Crippen molar-refractivity contribution in [1.82, 2.24) is 15.8 Å². The van der Waals surface area contributed by atoms with E-state index in [9.17, 15) is 24.3 Å². The lowest BCUT2D eigenvalue weighted by Crippen LogP contribution is -2.43. The molecule has 39 heavy (non-hydrogen) atoms. The van der Waals surface area contributed by atoms with Crippen molar-refractivity contribution in [3.05, 3.63) is 72.9 Å². The van der Waals surface area contributed by atoms with Crippen molar-refractivity contribution in [3.8, 4) is 0 Å². The molecule has 1 saturated heterocycles. The van der Waals surface area contributed by atoms with Gasteiger partial charge in [-0.15, -0.1) is 11.8 Å². The van der Waals surface area contributed by atoms with Crippen LogP contribution >= 0.6 is 11.8 Å². The van der Waals surface area contributed by atoms with Crippen LogP contribution in [0, 0.1) is 0 Å². The summed E-state index contributed by atoms with van der Waals surface area (Å²) in [5, 5.41) is 12.2. The zero-order valence-corrected chi connectivity index (χ0v) is 23.9. The van der Waals surface area contributed by atoms with Crippen LogP contribution in [0.15, 0.2) is 72.9 Å². The molecule has 1 aliphatic rings. The lowest BCUT2D eigenvalue weighted by Gasteiger charge is -2.16. The molecule has 3 N–H and O–H groups in total. The van der Waals surface area contributed by atoms with E-state index in [2.05, 4.69) is 78.4 Å². The maximum atomic E-state index is 12.2. The predicted octanol–water partition coefficient (Wildman–Crippen LogP) is 5.03. The third-order valence-electron chi connectivity index (χ3n) is 5.56. The molecular formula is C30H43N3O5S. The lowest BCUT2D eigenvalue weighted by molar-refractivity contribution is -0.142. The molecule has 3 amide bonds. The Labute approximate surface area is 237 Å². The van der Waals surface area contributed by atoms with Crippen molar-refractivity contribution in [2.45, 2.75) is 76.0 Å². The molecule has 0 aromatic rings. The molecule has 1 unspecified atom stereocenters. The molecule has 1 rings (SSSR count). The summed E-state index contributed by atoms with van der Waals surface area (Å²) < 4.78 is 0. The summed E-state index contributed by atoms with van der Waals surface area (Å²) in [7, 11) is 1.47. The number of carboxylic acid groups (broad SMARTS) is 1. The van der Waals surface area contributed by atoms with Gasteiger partial charge in [0.1, 0.15) is 6.04 Å². The molecule has 2 atom stereocenters. The molecular weight excluding hydrogens is 514 g/mol. The predicted molar refractivity (Wildman–Crippen MR) is 159 cm³/mol. The number of carbonyl (C=O) groups is 4. The molecule has 1 fully saturated rings. The van der Waals surface area contributed by atoms with E-state index >= 15 is 0 Å². The maximum absolute atomic E-state index is 12.2. The number of carboxylic acids is 1. The van der Waals surface area contributed by atoms with E-state index in [1.54, 1.807) is 0 Å². The average Bonchev–Trinajstić information content (AvgIpc) is 3.19. The molecule has 9 heteroatoms. The molecule has 8 nitrogen and oxygen atoms in total. The van der Waals surface area contributed by atoms with Gasteiger partial charge in [0.25, 0.3) is 5.91 Å². The molecule has 1 aliphatic heterocycles. The number of nitrogens with zero attached hydrogens (tertiary/aromatic N) is 1. The summed E-state index contributed by atoms with van der Waals surface area (Å²) in [6.45, 7) is 2.13. The summed E-state index contributed by atoms with van der Waals surface area (Å²) in [5.41, 5.74) is 2.52. The Hall–Kier alpha value is -3.17. The van der Waals surface area contributed by atoms with Gasteiger partial charge in [0.05, 0.1) is 5.25 Å². The molecule has 0 aliphatic carbocycles. The quantitative estimate of drug-likeness (QED) is 0.142. The fourth-order valence-electron chi connectivity index (χ4n) is 3.48. The minimum absolute atomic E-state index is 0.00221. The highest BCUT2D eigenvalue weighted by Gasteiger charge is 2.39. The Kier molecular flexibility index (Phi) is 18.9. The summed E-state index contributed by atoms with van der Waals surface area (Å²) in [4.78, 5) is 47.6. The van der Waals surface area contributed by atoms with E-state index in [4.69, 9.17) is 0 Å². The van der Waals surface area contributed by atoms with Crippen LogP contribution in [0.4, 0.5) is 0 Å². The SMILES string of the molecule is CC/C=C\C/C=C\C/C=C\C/C=C\C/C=C\C/C=C\CCC(=O)N[C@H](CSC1CC(=O)N(NC)C1=O)C(=O)O. The number of thioether (sulfide) groups is 1. The van der Waals surface area contributed by atoms with Crippen molar-refractivity contribution in [2.75, 3.05) is 12.8 Å². The van der Waals surface area contributed by atoms with Crippen LogP contribution in [0.3, 0.4) is 0 Å². The highest BCUT2D eigenvalue weighted by Crippen LogP contribution is 2.24. The molecule has 0 bridgehead atoms. The van der Waals surface area contributed by atoms with Gasteiger partial charge in [-0.25, -0.2) is 15.2 Å². The Bertz CT molecular complexity index is 952. The largest absolute Gasteiger partial charge is 0.480 e. The average molecular weight is 558 g/mol. The first-order chi connectivity index (χ1) is 18.9. The second-order valence-corrected chi connectivity index (χ2v) is 9.96. The van der Waals surface area contributed by atoms with E-state index < -0.39 is 23.2 Å². The number of allylic oxidation sites excluding steroid dienone is 12. The van der Waals surface area contributed by atoms with Gasteiger partial charge in [-0.2, -0.15) is 0 Å². The molecule has 0 aromatic heterocycles. The van der Waals surface area contributed by atoms with E-state index in [1.165, 1.54) is 7.05 Å². The minimum atomic E-state index is -1.17. The second-order valence-electron chi connectivity index (χ2n) is 8.73. The number of imide groups is 1. The molecule has 0 radical (unpaired) electrons. The van der Waals surface area contributed by atoms with Crippen LogP contribution in [-0.4, -0.2) is 57.9 Å². The Morgan fingerprint density at radius 1 is 0.897 bits per heavy atom. The first-order valence-corrected chi connectivity index (χ1v) is 14.5. The molecule has 0 saturated carbocycles. The fourth-order valence-corrected chi connectivity index (χ4v) is 4.64. The first kappa shape index (κ1) is 33.9. The summed E-state index contributed by atoms with van der Waals surface area (Å²) >= 11 is 1.06. The van der Waals surface area contributed by atoms with Gasteiger partial charge in [-0.3, -0.25) is 14.4 Å². The number of rotatable bonds is 20. The van der Waals surface area contributed by atoms with Crippen LogP contribution in [-0.2, 0) is 19.2 Å². The van der Waals surface area contributed by atoms with E-state index in [1.807, 2.05) is 12.2 Å². The molecule has 0 spiro atoms.